The van der Waals surface area contributed by atoms with Crippen molar-refractivity contribution in [1.82, 2.24) is 15.6 Å². The van der Waals surface area contributed by atoms with Crippen molar-refractivity contribution >= 4 is 29.9 Å². The average molecular weight is 508 g/mol. The highest BCUT2D eigenvalue weighted by Gasteiger charge is 2.27. The van der Waals surface area contributed by atoms with Crippen LogP contribution in [0, 0.1) is 6.92 Å². The van der Waals surface area contributed by atoms with Crippen LogP contribution >= 0.6 is 24.0 Å². The summed E-state index contributed by atoms with van der Waals surface area (Å²) in [6, 6.07) is 11.1. The molecule has 2 aromatic rings. The molecule has 0 atom stereocenters. The molecule has 2 rings (SSSR count). The zero-order valence-electron chi connectivity index (χ0n) is 15.7. The largest absolute Gasteiger partial charge is 0.411 e. The van der Waals surface area contributed by atoms with Crippen molar-refractivity contribution in [2.24, 2.45) is 4.99 Å². The molecule has 0 fully saturated rings. The van der Waals surface area contributed by atoms with Crippen molar-refractivity contribution in [2.45, 2.75) is 32.8 Å². The second-order valence-electron chi connectivity index (χ2n) is 5.97. The van der Waals surface area contributed by atoms with Gasteiger partial charge in [0.15, 0.2) is 5.96 Å². The lowest BCUT2D eigenvalue weighted by molar-refractivity contribution is -0.176. The summed E-state index contributed by atoms with van der Waals surface area (Å²) in [7, 11) is 1.68. The average Bonchev–Trinajstić information content (AvgIpc) is 2.63. The smallest absolute Gasteiger partial charge is 0.367 e. The van der Waals surface area contributed by atoms with Crippen LogP contribution in [-0.2, 0) is 24.4 Å². The molecule has 2 N–H and O–H groups in total. The van der Waals surface area contributed by atoms with Gasteiger partial charge in [-0.05, 0) is 29.7 Å². The Hall–Kier alpha value is -1.88. The molecule has 0 aliphatic heterocycles. The van der Waals surface area contributed by atoms with Gasteiger partial charge in [0.25, 0.3) is 0 Å². The molecule has 0 aliphatic carbocycles. The number of benzene rings is 1. The second-order valence-corrected chi connectivity index (χ2v) is 5.97. The SMILES string of the molecule is CN=C(NCc1ccc(COCC(F)(F)F)cc1)NCc1ncccc1C.I. The van der Waals surface area contributed by atoms with Gasteiger partial charge in [-0.25, -0.2) is 0 Å². The van der Waals surface area contributed by atoms with E-state index in [1.165, 1.54) is 0 Å². The number of nitrogens with one attached hydrogen (secondary N) is 2. The Morgan fingerprint density at radius 2 is 1.71 bits per heavy atom. The summed E-state index contributed by atoms with van der Waals surface area (Å²) in [5, 5.41) is 6.39. The molecule has 1 heterocycles. The third-order valence-electron chi connectivity index (χ3n) is 3.78. The van der Waals surface area contributed by atoms with Crippen LogP contribution in [0.1, 0.15) is 22.4 Å². The van der Waals surface area contributed by atoms with Gasteiger partial charge in [0.05, 0.1) is 18.8 Å². The monoisotopic (exact) mass is 508 g/mol. The summed E-state index contributed by atoms with van der Waals surface area (Å²) >= 11 is 0. The molecule has 9 heteroatoms. The van der Waals surface area contributed by atoms with Crippen LogP contribution in [0.4, 0.5) is 13.2 Å². The lowest BCUT2D eigenvalue weighted by Gasteiger charge is -2.13. The first-order chi connectivity index (χ1) is 12.9. The molecule has 0 bridgehead atoms. The molecule has 0 saturated heterocycles. The quantitative estimate of drug-likeness (QED) is 0.338. The van der Waals surface area contributed by atoms with E-state index < -0.39 is 12.8 Å². The first-order valence-corrected chi connectivity index (χ1v) is 8.44. The Bertz CT molecular complexity index is 752. The number of aryl methyl sites for hydroxylation is 1. The van der Waals surface area contributed by atoms with E-state index in [0.717, 1.165) is 16.8 Å². The summed E-state index contributed by atoms with van der Waals surface area (Å²) in [4.78, 5) is 8.49. The van der Waals surface area contributed by atoms with Gasteiger partial charge in [-0.3, -0.25) is 9.98 Å². The van der Waals surface area contributed by atoms with Crippen LogP contribution in [0.25, 0.3) is 0 Å². The number of rotatable bonds is 7. The standard InChI is InChI=1S/C19H23F3N4O.HI/c1-14-4-3-9-24-17(14)11-26-18(23-2)25-10-15-5-7-16(8-6-15)12-27-13-19(20,21)22;/h3-9H,10-13H2,1-2H3,(H2,23,25,26);1H. The molecule has 5 nitrogen and oxygen atoms in total. The van der Waals surface area contributed by atoms with E-state index in [1.54, 1.807) is 25.4 Å². The van der Waals surface area contributed by atoms with E-state index in [1.807, 2.05) is 31.2 Å². The van der Waals surface area contributed by atoms with Crippen LogP contribution in [0.15, 0.2) is 47.6 Å². The highest BCUT2D eigenvalue weighted by Crippen LogP contribution is 2.15. The van der Waals surface area contributed by atoms with Crippen LogP contribution in [0.3, 0.4) is 0 Å². The lowest BCUT2D eigenvalue weighted by Crippen LogP contribution is -2.36. The minimum absolute atomic E-state index is 0. The number of guanidine groups is 1. The number of nitrogens with zero attached hydrogens (tertiary/aromatic N) is 2. The first-order valence-electron chi connectivity index (χ1n) is 8.44. The van der Waals surface area contributed by atoms with Crippen LogP contribution in [0.5, 0.6) is 0 Å². The van der Waals surface area contributed by atoms with Gasteiger partial charge < -0.3 is 15.4 Å². The van der Waals surface area contributed by atoms with Crippen molar-refractivity contribution in [3.8, 4) is 0 Å². The summed E-state index contributed by atoms with van der Waals surface area (Å²) < 4.78 is 40.9. The molecule has 1 aromatic carbocycles. The highest BCUT2D eigenvalue weighted by molar-refractivity contribution is 14.0. The number of ether oxygens (including phenoxy) is 1. The Balaban J connectivity index is 0.00000392. The van der Waals surface area contributed by atoms with Crippen molar-refractivity contribution < 1.29 is 17.9 Å². The summed E-state index contributed by atoms with van der Waals surface area (Å²) in [5.41, 5.74) is 3.72. The lowest BCUT2D eigenvalue weighted by atomic mass is 10.1. The first kappa shape index (κ1) is 24.2. The van der Waals surface area contributed by atoms with Crippen molar-refractivity contribution in [2.75, 3.05) is 13.7 Å². The predicted molar refractivity (Wildman–Crippen MR) is 114 cm³/mol. The molecule has 1 aromatic heterocycles. The zero-order chi connectivity index (χ0) is 19.7. The maximum absolute atomic E-state index is 12.1. The molecule has 154 valence electrons. The number of aliphatic imine (C=N–C) groups is 1. The van der Waals surface area contributed by atoms with Gasteiger partial charge in [0.2, 0.25) is 0 Å². The van der Waals surface area contributed by atoms with Crippen molar-refractivity contribution in [3.05, 3.63) is 65.0 Å². The fourth-order valence-electron chi connectivity index (χ4n) is 2.32. The fraction of sp³-hybridized carbons (Fsp3) is 0.368. The number of hydrogen-bond acceptors (Lipinski definition) is 3. The van der Waals surface area contributed by atoms with Crippen LogP contribution < -0.4 is 10.6 Å². The number of hydrogen-bond donors (Lipinski definition) is 2. The Labute approximate surface area is 179 Å². The molecule has 0 amide bonds. The maximum Gasteiger partial charge on any atom is 0.411 e. The molecule has 0 unspecified atom stereocenters. The van der Waals surface area contributed by atoms with Crippen molar-refractivity contribution in [3.63, 3.8) is 0 Å². The van der Waals surface area contributed by atoms with Gasteiger partial charge in [-0.2, -0.15) is 13.2 Å². The Morgan fingerprint density at radius 3 is 2.32 bits per heavy atom. The number of alkyl halides is 3. The molecule has 0 radical (unpaired) electrons. The van der Waals surface area contributed by atoms with E-state index >= 15 is 0 Å². The number of aromatic nitrogens is 1. The third-order valence-corrected chi connectivity index (χ3v) is 3.78. The van der Waals surface area contributed by atoms with Gasteiger partial charge in [0, 0.05) is 19.8 Å². The predicted octanol–water partition coefficient (Wildman–Crippen LogP) is 3.95. The summed E-state index contributed by atoms with van der Waals surface area (Å²) in [5.74, 6) is 0.637. The number of pyridine rings is 1. The summed E-state index contributed by atoms with van der Waals surface area (Å²) in [6.45, 7) is 1.78. The maximum atomic E-state index is 12.1. The molecule has 0 aliphatic rings. The molecular weight excluding hydrogens is 484 g/mol. The van der Waals surface area contributed by atoms with E-state index in [9.17, 15) is 13.2 Å². The highest BCUT2D eigenvalue weighted by atomic mass is 127. The van der Waals surface area contributed by atoms with E-state index in [4.69, 9.17) is 0 Å². The van der Waals surface area contributed by atoms with Crippen LogP contribution in [0.2, 0.25) is 0 Å². The van der Waals surface area contributed by atoms with Crippen LogP contribution in [-0.4, -0.2) is 30.8 Å². The van der Waals surface area contributed by atoms with E-state index in [0.29, 0.717) is 24.6 Å². The van der Waals surface area contributed by atoms with E-state index in [2.05, 4.69) is 25.3 Å². The summed E-state index contributed by atoms with van der Waals surface area (Å²) in [6.07, 6.45) is -2.55. The third kappa shape index (κ3) is 8.87. The van der Waals surface area contributed by atoms with Gasteiger partial charge in [-0.15, -0.1) is 24.0 Å². The molecule has 0 spiro atoms. The molecular formula is C19H24F3IN4O. The van der Waals surface area contributed by atoms with Crippen molar-refractivity contribution in [1.29, 1.82) is 0 Å². The van der Waals surface area contributed by atoms with Gasteiger partial charge in [0.1, 0.15) is 6.61 Å². The number of halogens is 4. The zero-order valence-corrected chi connectivity index (χ0v) is 18.0. The molecule has 28 heavy (non-hydrogen) atoms. The Morgan fingerprint density at radius 1 is 1.07 bits per heavy atom. The minimum atomic E-state index is -4.31. The minimum Gasteiger partial charge on any atom is -0.367 e. The van der Waals surface area contributed by atoms with E-state index in [-0.39, 0.29) is 30.6 Å². The van der Waals surface area contributed by atoms with Gasteiger partial charge >= 0.3 is 6.18 Å². The molecule has 0 saturated carbocycles. The normalized spacial score (nSPS) is 11.7. The topological polar surface area (TPSA) is 58.5 Å². The fourth-order valence-corrected chi connectivity index (χ4v) is 2.32. The van der Waals surface area contributed by atoms with Gasteiger partial charge in [-0.1, -0.05) is 30.3 Å². The Kier molecular flexibility index (Phi) is 10.2. The second kappa shape index (κ2) is 11.8.